The van der Waals surface area contributed by atoms with Gasteiger partial charge in [-0.05, 0) is 39.3 Å². The molecular weight excluding hydrogens is 258 g/mol. The van der Waals surface area contributed by atoms with Crippen LogP contribution in [0.25, 0.3) is 0 Å². The maximum absolute atomic E-state index is 11.9. The van der Waals surface area contributed by atoms with Crippen molar-refractivity contribution < 1.29 is 4.79 Å². The number of aromatic nitrogens is 1. The summed E-state index contributed by atoms with van der Waals surface area (Å²) in [6, 6.07) is 0.627. The standard InChI is InChI=1S/C14H21N3OS/c1-16-8-4-5-10(16)9-17(2)14-15-11-6-3-7-12(18)13(11)19-14/h10H,3-9H2,1-2H3. The van der Waals surface area contributed by atoms with Crippen molar-refractivity contribution in [2.75, 3.05) is 32.1 Å². The average Bonchev–Trinajstić information content (AvgIpc) is 2.97. The number of likely N-dealkylation sites (N-methyl/N-ethyl adjacent to an activating group) is 2. The van der Waals surface area contributed by atoms with Crippen molar-refractivity contribution in [3.8, 4) is 0 Å². The maximum atomic E-state index is 11.9. The highest BCUT2D eigenvalue weighted by Gasteiger charge is 2.26. The molecule has 3 rings (SSSR count). The number of thiazole rings is 1. The fourth-order valence-electron chi connectivity index (χ4n) is 3.02. The van der Waals surface area contributed by atoms with E-state index in [0.717, 1.165) is 35.1 Å². The van der Waals surface area contributed by atoms with Crippen molar-refractivity contribution in [3.05, 3.63) is 10.6 Å². The number of Topliss-reactive ketones (excluding diaryl/α,β-unsaturated/α-hetero) is 1. The van der Waals surface area contributed by atoms with Crippen LogP contribution in [0.4, 0.5) is 5.13 Å². The summed E-state index contributed by atoms with van der Waals surface area (Å²) in [4.78, 5) is 22.1. The van der Waals surface area contributed by atoms with E-state index in [-0.39, 0.29) is 5.78 Å². The van der Waals surface area contributed by atoms with Gasteiger partial charge in [0.25, 0.3) is 0 Å². The zero-order valence-electron chi connectivity index (χ0n) is 11.7. The molecule has 1 atom stereocenters. The molecule has 1 aliphatic heterocycles. The van der Waals surface area contributed by atoms with Gasteiger partial charge in [0.1, 0.15) is 0 Å². The Morgan fingerprint density at radius 1 is 1.42 bits per heavy atom. The highest BCUT2D eigenvalue weighted by molar-refractivity contribution is 7.17. The van der Waals surface area contributed by atoms with E-state index in [4.69, 9.17) is 0 Å². The smallest absolute Gasteiger partial charge is 0.186 e. The van der Waals surface area contributed by atoms with E-state index in [1.54, 1.807) is 11.3 Å². The summed E-state index contributed by atoms with van der Waals surface area (Å²) < 4.78 is 0. The van der Waals surface area contributed by atoms with Gasteiger partial charge in [-0.25, -0.2) is 4.98 Å². The Hall–Kier alpha value is -0.940. The minimum absolute atomic E-state index is 0.288. The topological polar surface area (TPSA) is 36.4 Å². The number of rotatable bonds is 3. The van der Waals surface area contributed by atoms with E-state index < -0.39 is 0 Å². The molecule has 1 fully saturated rings. The number of aryl methyl sites for hydroxylation is 1. The second kappa shape index (κ2) is 5.21. The molecule has 1 aliphatic carbocycles. The first-order valence-electron chi connectivity index (χ1n) is 7.09. The number of carbonyl (C=O) groups is 1. The maximum Gasteiger partial charge on any atom is 0.186 e. The second-order valence-electron chi connectivity index (χ2n) is 5.71. The van der Waals surface area contributed by atoms with Gasteiger partial charge in [0.15, 0.2) is 10.9 Å². The summed E-state index contributed by atoms with van der Waals surface area (Å²) in [7, 11) is 4.29. The summed E-state index contributed by atoms with van der Waals surface area (Å²) >= 11 is 1.58. The molecule has 5 heteroatoms. The summed E-state index contributed by atoms with van der Waals surface area (Å²) in [5, 5.41) is 1.01. The first kappa shape index (κ1) is 13.1. The molecule has 104 valence electrons. The predicted octanol–water partition coefficient (Wildman–Crippen LogP) is 2.19. The summed E-state index contributed by atoms with van der Waals surface area (Å²) in [5.41, 5.74) is 1.03. The molecule has 0 N–H and O–H groups in total. The van der Waals surface area contributed by atoms with E-state index in [0.29, 0.717) is 12.5 Å². The van der Waals surface area contributed by atoms with Crippen molar-refractivity contribution in [1.29, 1.82) is 0 Å². The number of hydrogen-bond donors (Lipinski definition) is 0. The van der Waals surface area contributed by atoms with Gasteiger partial charge in [0, 0.05) is 26.1 Å². The molecule has 4 nitrogen and oxygen atoms in total. The van der Waals surface area contributed by atoms with Gasteiger partial charge in [-0.3, -0.25) is 4.79 Å². The van der Waals surface area contributed by atoms with Crippen LogP contribution in [-0.4, -0.2) is 48.9 Å². The van der Waals surface area contributed by atoms with Crippen LogP contribution >= 0.6 is 11.3 Å². The number of carbonyl (C=O) groups excluding carboxylic acids is 1. The van der Waals surface area contributed by atoms with Crippen LogP contribution < -0.4 is 4.90 Å². The van der Waals surface area contributed by atoms with Gasteiger partial charge < -0.3 is 9.80 Å². The summed E-state index contributed by atoms with van der Waals surface area (Å²) in [6.45, 7) is 2.21. The Morgan fingerprint density at radius 3 is 2.95 bits per heavy atom. The minimum atomic E-state index is 0.288. The van der Waals surface area contributed by atoms with Crippen molar-refractivity contribution in [1.82, 2.24) is 9.88 Å². The summed E-state index contributed by atoms with van der Waals surface area (Å²) in [6.07, 6.45) is 5.19. The average molecular weight is 279 g/mol. The van der Waals surface area contributed by atoms with Gasteiger partial charge in [0.2, 0.25) is 0 Å². The highest BCUT2D eigenvalue weighted by Crippen LogP contribution is 2.31. The fraction of sp³-hybridized carbons (Fsp3) is 0.714. The van der Waals surface area contributed by atoms with Crippen LogP contribution in [0.2, 0.25) is 0 Å². The van der Waals surface area contributed by atoms with Gasteiger partial charge >= 0.3 is 0 Å². The molecule has 19 heavy (non-hydrogen) atoms. The van der Waals surface area contributed by atoms with Crippen molar-refractivity contribution >= 4 is 22.3 Å². The molecule has 1 aromatic rings. The summed E-state index contributed by atoms with van der Waals surface area (Å²) in [5.74, 6) is 0.288. The van der Waals surface area contributed by atoms with E-state index in [9.17, 15) is 4.79 Å². The van der Waals surface area contributed by atoms with Crippen molar-refractivity contribution in [2.24, 2.45) is 0 Å². The zero-order valence-corrected chi connectivity index (χ0v) is 12.5. The van der Waals surface area contributed by atoms with Crippen molar-refractivity contribution in [2.45, 2.75) is 38.1 Å². The lowest BCUT2D eigenvalue weighted by Crippen LogP contribution is -2.36. The van der Waals surface area contributed by atoms with Crippen LogP contribution in [0.15, 0.2) is 0 Å². The van der Waals surface area contributed by atoms with Crippen LogP contribution in [-0.2, 0) is 6.42 Å². The first-order valence-corrected chi connectivity index (χ1v) is 7.91. The first-order chi connectivity index (χ1) is 9.15. The Balaban J connectivity index is 1.73. The molecular formula is C14H21N3OS. The fourth-order valence-corrected chi connectivity index (χ4v) is 4.07. The highest BCUT2D eigenvalue weighted by atomic mass is 32.1. The molecule has 1 unspecified atom stereocenters. The van der Waals surface area contributed by atoms with Crippen LogP contribution in [0.3, 0.4) is 0 Å². The Labute approximate surface area is 118 Å². The third-order valence-electron chi connectivity index (χ3n) is 4.24. The van der Waals surface area contributed by atoms with Gasteiger partial charge in [-0.1, -0.05) is 11.3 Å². The zero-order chi connectivity index (χ0) is 13.4. The molecule has 1 saturated heterocycles. The lowest BCUT2D eigenvalue weighted by atomic mass is 10.0. The van der Waals surface area contributed by atoms with E-state index in [1.807, 2.05) is 0 Å². The number of hydrogen-bond acceptors (Lipinski definition) is 5. The monoisotopic (exact) mass is 279 g/mol. The van der Waals surface area contributed by atoms with Crippen LogP contribution in [0, 0.1) is 0 Å². The lowest BCUT2D eigenvalue weighted by Gasteiger charge is -2.25. The molecule has 0 aromatic carbocycles. The third kappa shape index (κ3) is 2.54. The van der Waals surface area contributed by atoms with Crippen LogP contribution in [0.1, 0.15) is 41.0 Å². The molecule has 0 bridgehead atoms. The largest absolute Gasteiger partial charge is 0.350 e. The normalized spacial score (nSPS) is 23.7. The number of likely N-dealkylation sites (tertiary alicyclic amines) is 1. The second-order valence-corrected chi connectivity index (χ2v) is 6.68. The van der Waals surface area contributed by atoms with Crippen LogP contribution in [0.5, 0.6) is 0 Å². The van der Waals surface area contributed by atoms with E-state index in [1.165, 1.54) is 19.4 Å². The van der Waals surface area contributed by atoms with Gasteiger partial charge in [-0.15, -0.1) is 0 Å². The molecule has 0 amide bonds. The molecule has 2 heterocycles. The SMILES string of the molecule is CN(CC1CCCN1C)c1nc2c(s1)C(=O)CCC2. The molecule has 0 spiro atoms. The van der Waals surface area contributed by atoms with E-state index in [2.05, 4.69) is 28.9 Å². The molecule has 2 aliphatic rings. The number of nitrogens with zero attached hydrogens (tertiary/aromatic N) is 3. The molecule has 0 radical (unpaired) electrons. The van der Waals surface area contributed by atoms with Crippen molar-refractivity contribution in [3.63, 3.8) is 0 Å². The number of fused-ring (bicyclic) bond motifs is 1. The lowest BCUT2D eigenvalue weighted by molar-refractivity contribution is 0.0976. The Bertz CT molecular complexity index is 485. The Morgan fingerprint density at radius 2 is 2.26 bits per heavy atom. The minimum Gasteiger partial charge on any atom is -0.350 e. The van der Waals surface area contributed by atoms with E-state index >= 15 is 0 Å². The Kier molecular flexibility index (Phi) is 3.58. The molecule has 0 saturated carbocycles. The molecule has 1 aromatic heterocycles. The predicted molar refractivity (Wildman–Crippen MR) is 78.3 cm³/mol. The number of ketones is 1. The van der Waals surface area contributed by atoms with Gasteiger partial charge in [0.05, 0.1) is 10.6 Å². The van der Waals surface area contributed by atoms with Gasteiger partial charge in [-0.2, -0.15) is 0 Å². The quantitative estimate of drug-likeness (QED) is 0.850. The third-order valence-corrected chi connectivity index (χ3v) is 5.49. The number of anilines is 1.